The number of hydrogen-bond acceptors (Lipinski definition) is 3. The fraction of sp³-hybridized carbons (Fsp3) is 0.533. The van der Waals surface area contributed by atoms with Crippen LogP contribution in [0.5, 0.6) is 0 Å². The summed E-state index contributed by atoms with van der Waals surface area (Å²) < 4.78 is 12.9. The van der Waals surface area contributed by atoms with Crippen LogP contribution in [0.25, 0.3) is 0 Å². The van der Waals surface area contributed by atoms with Crippen LogP contribution in [-0.2, 0) is 0 Å². The van der Waals surface area contributed by atoms with E-state index in [1.165, 1.54) is 12.1 Å². The summed E-state index contributed by atoms with van der Waals surface area (Å²) in [5.74, 6) is -0.191. The Bertz CT molecular complexity index is 455. The summed E-state index contributed by atoms with van der Waals surface area (Å²) in [5.41, 5.74) is 1.07. The van der Waals surface area contributed by atoms with Gasteiger partial charge < -0.3 is 20.0 Å². The van der Waals surface area contributed by atoms with E-state index in [2.05, 4.69) is 20.0 Å². The zero-order valence-electron chi connectivity index (χ0n) is 12.7. The van der Waals surface area contributed by atoms with Crippen molar-refractivity contribution >= 4 is 23.0 Å². The lowest BCUT2D eigenvalue weighted by Gasteiger charge is -2.37. The number of rotatable bonds is 4. The second-order valence-corrected chi connectivity index (χ2v) is 5.87. The lowest BCUT2D eigenvalue weighted by molar-refractivity contribution is 0.371. The molecule has 2 rings (SSSR count). The van der Waals surface area contributed by atoms with E-state index in [9.17, 15) is 4.39 Å². The summed E-state index contributed by atoms with van der Waals surface area (Å²) in [6.07, 6.45) is 0. The Morgan fingerprint density at radius 3 is 2.38 bits per heavy atom. The molecule has 6 heteroatoms. The van der Waals surface area contributed by atoms with Crippen LogP contribution >= 0.6 is 12.2 Å². The first kappa shape index (κ1) is 16.0. The summed E-state index contributed by atoms with van der Waals surface area (Å²) in [5, 5.41) is 4.12. The SMILES string of the molecule is CN(C)CCNC(=S)N1CCN(c2ccc(F)cc2)CC1. The number of halogens is 1. The lowest BCUT2D eigenvalue weighted by Crippen LogP contribution is -2.52. The molecule has 0 radical (unpaired) electrons. The van der Waals surface area contributed by atoms with Crippen molar-refractivity contribution in [1.82, 2.24) is 15.1 Å². The van der Waals surface area contributed by atoms with Gasteiger partial charge in [-0.15, -0.1) is 0 Å². The highest BCUT2D eigenvalue weighted by atomic mass is 32.1. The number of anilines is 1. The Morgan fingerprint density at radius 1 is 1.19 bits per heavy atom. The molecule has 4 nitrogen and oxygen atoms in total. The largest absolute Gasteiger partial charge is 0.368 e. The molecule has 1 N–H and O–H groups in total. The van der Waals surface area contributed by atoms with Crippen molar-refractivity contribution < 1.29 is 4.39 Å². The number of thiocarbonyl (C=S) groups is 1. The number of hydrogen-bond donors (Lipinski definition) is 1. The Hall–Kier alpha value is -1.40. The summed E-state index contributed by atoms with van der Waals surface area (Å²) in [7, 11) is 4.10. The maximum atomic E-state index is 12.9. The summed E-state index contributed by atoms with van der Waals surface area (Å²) in [6, 6.07) is 6.68. The third-order valence-electron chi connectivity index (χ3n) is 3.59. The van der Waals surface area contributed by atoms with E-state index in [1.807, 2.05) is 26.2 Å². The van der Waals surface area contributed by atoms with Crippen LogP contribution in [0.1, 0.15) is 0 Å². The topological polar surface area (TPSA) is 21.8 Å². The molecule has 0 aliphatic carbocycles. The second kappa shape index (κ2) is 7.56. The fourth-order valence-corrected chi connectivity index (χ4v) is 2.60. The van der Waals surface area contributed by atoms with E-state index >= 15 is 0 Å². The van der Waals surface area contributed by atoms with Crippen LogP contribution in [0.4, 0.5) is 10.1 Å². The highest BCUT2D eigenvalue weighted by molar-refractivity contribution is 7.80. The van der Waals surface area contributed by atoms with Gasteiger partial charge in [0.1, 0.15) is 5.82 Å². The van der Waals surface area contributed by atoms with Gasteiger partial charge in [-0.2, -0.15) is 0 Å². The number of piperazine rings is 1. The van der Waals surface area contributed by atoms with Crippen molar-refractivity contribution in [2.75, 3.05) is 58.3 Å². The van der Waals surface area contributed by atoms with Crippen LogP contribution in [-0.4, -0.2) is 68.3 Å². The van der Waals surface area contributed by atoms with Gasteiger partial charge in [-0.25, -0.2) is 4.39 Å². The molecule has 1 fully saturated rings. The van der Waals surface area contributed by atoms with Crippen molar-refractivity contribution in [3.8, 4) is 0 Å². The molecular weight excluding hydrogens is 287 g/mol. The van der Waals surface area contributed by atoms with Crippen molar-refractivity contribution in [3.05, 3.63) is 30.1 Å². The highest BCUT2D eigenvalue weighted by Crippen LogP contribution is 2.16. The number of benzene rings is 1. The van der Waals surface area contributed by atoms with Gasteiger partial charge in [0, 0.05) is 45.0 Å². The average molecular weight is 310 g/mol. The van der Waals surface area contributed by atoms with Crippen LogP contribution < -0.4 is 10.2 Å². The monoisotopic (exact) mass is 310 g/mol. The highest BCUT2D eigenvalue weighted by Gasteiger charge is 2.18. The zero-order valence-corrected chi connectivity index (χ0v) is 13.5. The first-order valence-electron chi connectivity index (χ1n) is 7.24. The minimum absolute atomic E-state index is 0.191. The molecule has 0 unspecified atom stereocenters. The molecule has 0 spiro atoms. The van der Waals surface area contributed by atoms with Crippen LogP contribution in [0.2, 0.25) is 0 Å². The smallest absolute Gasteiger partial charge is 0.169 e. The van der Waals surface area contributed by atoms with E-state index in [4.69, 9.17) is 12.2 Å². The summed E-state index contributed by atoms with van der Waals surface area (Å²) in [4.78, 5) is 6.59. The van der Waals surface area contributed by atoms with Crippen LogP contribution in [0.3, 0.4) is 0 Å². The van der Waals surface area contributed by atoms with Crippen molar-refractivity contribution in [2.24, 2.45) is 0 Å². The van der Waals surface area contributed by atoms with E-state index in [0.717, 1.165) is 50.1 Å². The summed E-state index contributed by atoms with van der Waals surface area (Å²) >= 11 is 5.43. The van der Waals surface area contributed by atoms with Gasteiger partial charge in [0.15, 0.2) is 5.11 Å². The van der Waals surface area contributed by atoms with E-state index in [1.54, 1.807) is 0 Å². The number of nitrogens with one attached hydrogen (secondary N) is 1. The Morgan fingerprint density at radius 2 is 1.81 bits per heavy atom. The molecule has 0 bridgehead atoms. The van der Waals surface area contributed by atoms with Crippen LogP contribution in [0, 0.1) is 5.82 Å². The molecule has 1 aromatic rings. The lowest BCUT2D eigenvalue weighted by atomic mass is 10.2. The molecule has 1 heterocycles. The zero-order chi connectivity index (χ0) is 15.2. The molecular formula is C15H23FN4S. The second-order valence-electron chi connectivity index (χ2n) is 5.49. The quantitative estimate of drug-likeness (QED) is 0.846. The van der Waals surface area contributed by atoms with Crippen molar-refractivity contribution in [1.29, 1.82) is 0 Å². The standard InChI is InChI=1S/C15H23FN4S/c1-18(2)8-7-17-15(21)20-11-9-19(10-12-20)14-5-3-13(16)4-6-14/h3-6H,7-12H2,1-2H3,(H,17,21). The molecule has 0 atom stereocenters. The van der Waals surface area contributed by atoms with Gasteiger partial charge in [0.05, 0.1) is 0 Å². The van der Waals surface area contributed by atoms with Gasteiger partial charge in [0.25, 0.3) is 0 Å². The molecule has 1 aliphatic heterocycles. The van der Waals surface area contributed by atoms with Gasteiger partial charge in [-0.1, -0.05) is 0 Å². The molecule has 1 aromatic carbocycles. The minimum Gasteiger partial charge on any atom is -0.368 e. The van der Waals surface area contributed by atoms with Gasteiger partial charge >= 0.3 is 0 Å². The molecule has 21 heavy (non-hydrogen) atoms. The molecule has 1 saturated heterocycles. The van der Waals surface area contributed by atoms with Gasteiger partial charge in [-0.05, 0) is 50.6 Å². The molecule has 0 amide bonds. The summed E-state index contributed by atoms with van der Waals surface area (Å²) in [6.45, 7) is 5.43. The molecule has 0 aromatic heterocycles. The average Bonchev–Trinajstić information content (AvgIpc) is 2.48. The van der Waals surface area contributed by atoms with E-state index in [0.29, 0.717) is 0 Å². The van der Waals surface area contributed by atoms with Gasteiger partial charge in [0.2, 0.25) is 0 Å². The normalized spacial score (nSPS) is 15.4. The maximum Gasteiger partial charge on any atom is 0.169 e. The van der Waals surface area contributed by atoms with E-state index in [-0.39, 0.29) is 5.82 Å². The fourth-order valence-electron chi connectivity index (χ4n) is 2.32. The predicted molar refractivity (Wildman–Crippen MR) is 89.3 cm³/mol. The minimum atomic E-state index is -0.191. The Kier molecular flexibility index (Phi) is 5.76. The van der Waals surface area contributed by atoms with Gasteiger partial charge in [-0.3, -0.25) is 0 Å². The first-order chi connectivity index (χ1) is 10.1. The van der Waals surface area contributed by atoms with Crippen molar-refractivity contribution in [3.63, 3.8) is 0 Å². The molecule has 116 valence electrons. The van der Waals surface area contributed by atoms with Crippen LogP contribution in [0.15, 0.2) is 24.3 Å². The third-order valence-corrected chi connectivity index (χ3v) is 4.00. The number of nitrogens with zero attached hydrogens (tertiary/aromatic N) is 3. The first-order valence-corrected chi connectivity index (χ1v) is 7.65. The molecule has 0 saturated carbocycles. The third kappa shape index (κ3) is 4.82. The van der Waals surface area contributed by atoms with Crippen molar-refractivity contribution in [2.45, 2.75) is 0 Å². The Balaban J connectivity index is 1.77. The number of likely N-dealkylation sites (N-methyl/N-ethyl adjacent to an activating group) is 1. The molecule has 1 aliphatic rings. The predicted octanol–water partition coefficient (Wildman–Crippen LogP) is 1.38. The Labute approximate surface area is 131 Å². The van der Waals surface area contributed by atoms with E-state index < -0.39 is 0 Å². The maximum absolute atomic E-state index is 12.9.